The Morgan fingerprint density at radius 1 is 1.20 bits per heavy atom. The lowest BCUT2D eigenvalue weighted by molar-refractivity contribution is -0.138. The predicted molar refractivity (Wildman–Crippen MR) is 63.4 cm³/mol. The lowest BCUT2D eigenvalue weighted by Gasteiger charge is -2.13. The van der Waals surface area contributed by atoms with Gasteiger partial charge in [-0.2, -0.15) is 18.4 Å². The van der Waals surface area contributed by atoms with Crippen LogP contribution in [0.25, 0.3) is 5.69 Å². The van der Waals surface area contributed by atoms with Gasteiger partial charge in [0.05, 0.1) is 11.3 Å². The van der Waals surface area contributed by atoms with Gasteiger partial charge in [0.1, 0.15) is 11.6 Å². The molecule has 0 fully saturated rings. The summed E-state index contributed by atoms with van der Waals surface area (Å²) in [5.74, 6) is -0.882. The Bertz CT molecular complexity index is 743. The number of para-hydroxylation sites is 1. The van der Waals surface area contributed by atoms with Crippen LogP contribution in [0.5, 0.6) is 5.88 Å². The zero-order valence-corrected chi connectivity index (χ0v) is 9.85. The maximum atomic E-state index is 12.7. The van der Waals surface area contributed by atoms with Gasteiger partial charge in [0, 0.05) is 6.07 Å². The van der Waals surface area contributed by atoms with Crippen molar-refractivity contribution < 1.29 is 18.3 Å². The van der Waals surface area contributed by atoms with Crippen molar-refractivity contribution in [1.82, 2.24) is 4.57 Å². The Morgan fingerprint density at radius 2 is 1.80 bits per heavy atom. The summed E-state index contributed by atoms with van der Waals surface area (Å²) in [5, 5.41) is 18.4. The molecule has 0 bridgehead atoms. The molecule has 20 heavy (non-hydrogen) atoms. The SMILES string of the molecule is N#Cc1c(C(F)(F)F)cc(O)n(-c2ccccc2)c1=O. The van der Waals surface area contributed by atoms with E-state index in [9.17, 15) is 23.1 Å². The summed E-state index contributed by atoms with van der Waals surface area (Å²) in [5.41, 5.74) is -3.56. The maximum Gasteiger partial charge on any atom is 0.418 e. The minimum Gasteiger partial charge on any atom is -0.494 e. The van der Waals surface area contributed by atoms with Gasteiger partial charge in [0.15, 0.2) is 5.88 Å². The molecule has 0 amide bonds. The third-order valence-corrected chi connectivity index (χ3v) is 2.62. The summed E-state index contributed by atoms with van der Waals surface area (Å²) >= 11 is 0. The predicted octanol–water partition coefficient (Wildman–Crippen LogP) is 2.43. The Labute approximate surface area is 110 Å². The van der Waals surface area contributed by atoms with E-state index in [1.165, 1.54) is 18.2 Å². The molecule has 4 nitrogen and oxygen atoms in total. The van der Waals surface area contributed by atoms with Crippen LogP contribution in [-0.2, 0) is 6.18 Å². The quantitative estimate of drug-likeness (QED) is 0.872. The van der Waals surface area contributed by atoms with E-state index in [1.807, 2.05) is 0 Å². The topological polar surface area (TPSA) is 66.0 Å². The molecule has 0 saturated heterocycles. The van der Waals surface area contributed by atoms with Gasteiger partial charge in [-0.1, -0.05) is 18.2 Å². The number of rotatable bonds is 1. The van der Waals surface area contributed by atoms with E-state index in [1.54, 1.807) is 18.2 Å². The minimum absolute atomic E-state index is 0.167. The third-order valence-electron chi connectivity index (χ3n) is 2.62. The van der Waals surface area contributed by atoms with Crippen LogP contribution in [0.4, 0.5) is 13.2 Å². The molecule has 1 N–H and O–H groups in total. The van der Waals surface area contributed by atoms with Crippen molar-refractivity contribution in [3.63, 3.8) is 0 Å². The number of alkyl halides is 3. The van der Waals surface area contributed by atoms with Gasteiger partial charge in [-0.3, -0.25) is 4.79 Å². The van der Waals surface area contributed by atoms with Crippen molar-refractivity contribution in [2.24, 2.45) is 0 Å². The van der Waals surface area contributed by atoms with Gasteiger partial charge in [0.25, 0.3) is 5.56 Å². The summed E-state index contributed by atoms with van der Waals surface area (Å²) in [6.45, 7) is 0. The lowest BCUT2D eigenvalue weighted by atomic mass is 10.1. The summed E-state index contributed by atoms with van der Waals surface area (Å²) < 4.78 is 38.8. The molecule has 0 aliphatic rings. The average Bonchev–Trinajstić information content (AvgIpc) is 2.38. The van der Waals surface area contributed by atoms with Crippen LogP contribution in [0.2, 0.25) is 0 Å². The molecule has 1 aromatic carbocycles. The normalized spacial score (nSPS) is 11.1. The number of hydrogen-bond acceptors (Lipinski definition) is 3. The number of pyridine rings is 1. The third kappa shape index (κ3) is 2.23. The van der Waals surface area contributed by atoms with Crippen LogP contribution in [0.1, 0.15) is 11.1 Å². The second-order valence-electron chi connectivity index (χ2n) is 3.88. The van der Waals surface area contributed by atoms with Gasteiger partial charge in [0.2, 0.25) is 0 Å². The first-order valence-electron chi connectivity index (χ1n) is 5.38. The highest BCUT2D eigenvalue weighted by atomic mass is 19.4. The molecule has 2 rings (SSSR count). The van der Waals surface area contributed by atoms with Gasteiger partial charge in [-0.25, -0.2) is 4.57 Å². The number of halogens is 3. The van der Waals surface area contributed by atoms with Crippen molar-refractivity contribution in [1.29, 1.82) is 5.26 Å². The van der Waals surface area contributed by atoms with E-state index in [2.05, 4.69) is 0 Å². The average molecular weight is 280 g/mol. The van der Waals surface area contributed by atoms with Gasteiger partial charge < -0.3 is 5.11 Å². The van der Waals surface area contributed by atoms with Crippen molar-refractivity contribution >= 4 is 0 Å². The zero-order valence-electron chi connectivity index (χ0n) is 9.85. The summed E-state index contributed by atoms with van der Waals surface area (Å²) in [4.78, 5) is 12.0. The molecule has 0 aliphatic carbocycles. The summed E-state index contributed by atoms with van der Waals surface area (Å²) in [6, 6.07) is 9.20. The highest BCUT2D eigenvalue weighted by Gasteiger charge is 2.36. The smallest absolute Gasteiger partial charge is 0.418 e. The largest absolute Gasteiger partial charge is 0.494 e. The molecule has 0 unspecified atom stereocenters. The van der Waals surface area contributed by atoms with Crippen LogP contribution in [0.15, 0.2) is 41.2 Å². The molecule has 0 spiro atoms. The molecule has 0 saturated carbocycles. The fourth-order valence-electron chi connectivity index (χ4n) is 1.76. The number of aromatic nitrogens is 1. The zero-order chi connectivity index (χ0) is 14.9. The minimum atomic E-state index is -4.89. The standard InChI is InChI=1S/C13H7F3N2O2/c14-13(15,16)10-6-11(19)18(12(20)9(10)7-17)8-4-2-1-3-5-8/h1-6,19H. The summed E-state index contributed by atoms with van der Waals surface area (Å²) in [7, 11) is 0. The lowest BCUT2D eigenvalue weighted by Crippen LogP contribution is -2.25. The van der Waals surface area contributed by atoms with Crippen LogP contribution in [0.3, 0.4) is 0 Å². The van der Waals surface area contributed by atoms with Crippen molar-refractivity contribution in [3.05, 3.63) is 57.9 Å². The van der Waals surface area contributed by atoms with Crippen molar-refractivity contribution in [2.75, 3.05) is 0 Å². The number of benzene rings is 1. The summed E-state index contributed by atoms with van der Waals surface area (Å²) in [6.07, 6.45) is -4.89. The van der Waals surface area contributed by atoms with E-state index in [0.717, 1.165) is 0 Å². The highest BCUT2D eigenvalue weighted by Crippen LogP contribution is 2.33. The molecular weight excluding hydrogens is 273 g/mol. The molecule has 7 heteroatoms. The van der Waals surface area contributed by atoms with E-state index in [-0.39, 0.29) is 5.69 Å². The number of hydrogen-bond donors (Lipinski definition) is 1. The van der Waals surface area contributed by atoms with Crippen LogP contribution >= 0.6 is 0 Å². The molecule has 0 aliphatic heterocycles. The van der Waals surface area contributed by atoms with Crippen LogP contribution in [0, 0.1) is 11.3 Å². The van der Waals surface area contributed by atoms with E-state index >= 15 is 0 Å². The van der Waals surface area contributed by atoms with Crippen molar-refractivity contribution in [2.45, 2.75) is 6.18 Å². The number of aromatic hydroxyl groups is 1. The van der Waals surface area contributed by atoms with E-state index in [4.69, 9.17) is 5.26 Å². The van der Waals surface area contributed by atoms with Crippen LogP contribution in [-0.4, -0.2) is 9.67 Å². The Hall–Kier alpha value is -2.75. The monoisotopic (exact) mass is 280 g/mol. The molecule has 0 radical (unpaired) electrons. The molecular formula is C13H7F3N2O2. The van der Waals surface area contributed by atoms with Crippen molar-refractivity contribution in [3.8, 4) is 17.6 Å². The highest BCUT2D eigenvalue weighted by molar-refractivity contribution is 5.45. The Morgan fingerprint density at radius 3 is 2.30 bits per heavy atom. The molecule has 102 valence electrons. The Balaban J connectivity index is 2.83. The van der Waals surface area contributed by atoms with E-state index in [0.29, 0.717) is 10.6 Å². The molecule has 1 heterocycles. The van der Waals surface area contributed by atoms with Crippen LogP contribution < -0.4 is 5.56 Å². The van der Waals surface area contributed by atoms with Gasteiger partial charge in [-0.15, -0.1) is 0 Å². The fourth-order valence-corrected chi connectivity index (χ4v) is 1.76. The second kappa shape index (κ2) is 4.74. The van der Waals surface area contributed by atoms with Gasteiger partial charge in [-0.05, 0) is 12.1 Å². The van der Waals surface area contributed by atoms with E-state index < -0.39 is 28.7 Å². The Kier molecular flexibility index (Phi) is 3.24. The second-order valence-corrected chi connectivity index (χ2v) is 3.88. The number of nitrogens with zero attached hydrogens (tertiary/aromatic N) is 2. The first kappa shape index (κ1) is 13.7. The number of nitriles is 1. The molecule has 0 atom stereocenters. The maximum absolute atomic E-state index is 12.7. The first-order valence-corrected chi connectivity index (χ1v) is 5.38. The molecule has 1 aromatic heterocycles. The van der Waals surface area contributed by atoms with Gasteiger partial charge >= 0.3 is 6.18 Å². The first-order chi connectivity index (χ1) is 9.36. The molecule has 2 aromatic rings. The fraction of sp³-hybridized carbons (Fsp3) is 0.0769.